The van der Waals surface area contributed by atoms with Gasteiger partial charge in [-0.25, -0.2) is 0 Å². The molecule has 0 aromatic heterocycles. The number of halogens is 1. The van der Waals surface area contributed by atoms with Crippen LogP contribution in [0.25, 0.3) is 0 Å². The third-order valence-electron chi connectivity index (χ3n) is 3.07. The van der Waals surface area contributed by atoms with E-state index in [2.05, 4.69) is 11.4 Å². The number of aryl methyl sites for hydroxylation is 1. The van der Waals surface area contributed by atoms with Gasteiger partial charge in [-0.2, -0.15) is 5.26 Å². The van der Waals surface area contributed by atoms with E-state index in [1.807, 2.05) is 37.3 Å². The monoisotopic (exact) mass is 286 g/mol. The smallest absolute Gasteiger partial charge is 0.136 e. The molecule has 1 N–H and O–H groups in total. The Hall–Kier alpha value is -2.18. The van der Waals surface area contributed by atoms with Gasteiger partial charge in [0.25, 0.3) is 0 Å². The van der Waals surface area contributed by atoms with Crippen LogP contribution in [0.2, 0.25) is 5.02 Å². The Morgan fingerprint density at radius 2 is 2.05 bits per heavy atom. The Morgan fingerprint density at radius 1 is 1.25 bits per heavy atom. The van der Waals surface area contributed by atoms with Gasteiger partial charge in [-0.15, -0.1) is 0 Å². The highest BCUT2D eigenvalue weighted by Crippen LogP contribution is 2.23. The van der Waals surface area contributed by atoms with Crippen molar-refractivity contribution in [2.45, 2.75) is 13.5 Å². The number of nitriles is 1. The fourth-order valence-electron chi connectivity index (χ4n) is 1.92. The molecule has 2 aromatic rings. The zero-order chi connectivity index (χ0) is 14.5. The molecule has 0 heterocycles. The summed E-state index contributed by atoms with van der Waals surface area (Å²) >= 11 is 5.99. The second-order valence-corrected chi connectivity index (χ2v) is 4.90. The fraction of sp³-hybridized carbons (Fsp3) is 0.188. The van der Waals surface area contributed by atoms with Crippen LogP contribution in [0.4, 0.5) is 5.69 Å². The van der Waals surface area contributed by atoms with E-state index in [1.54, 1.807) is 13.2 Å². The van der Waals surface area contributed by atoms with E-state index in [9.17, 15) is 0 Å². The van der Waals surface area contributed by atoms with E-state index in [0.29, 0.717) is 22.9 Å². The van der Waals surface area contributed by atoms with Crippen molar-refractivity contribution in [2.75, 3.05) is 12.4 Å². The molecular weight excluding hydrogens is 272 g/mol. The zero-order valence-electron chi connectivity index (χ0n) is 11.4. The van der Waals surface area contributed by atoms with Crippen LogP contribution >= 0.6 is 11.6 Å². The van der Waals surface area contributed by atoms with Crippen LogP contribution in [0.15, 0.2) is 36.4 Å². The minimum atomic E-state index is 0.537. The van der Waals surface area contributed by atoms with Crippen molar-refractivity contribution in [1.82, 2.24) is 0 Å². The molecule has 0 bridgehead atoms. The molecule has 0 saturated heterocycles. The Morgan fingerprint density at radius 3 is 2.75 bits per heavy atom. The van der Waals surface area contributed by atoms with Crippen molar-refractivity contribution in [2.24, 2.45) is 0 Å². The molecule has 0 unspecified atom stereocenters. The third kappa shape index (κ3) is 3.23. The standard InChI is InChI=1S/C16H15ClN2O/c1-11-3-6-14(17)8-15(11)19-10-12-4-5-13(9-18)16(7-12)20-2/h3-8,19H,10H2,1-2H3. The number of nitrogens with zero attached hydrogens (tertiary/aromatic N) is 1. The highest BCUT2D eigenvalue weighted by Gasteiger charge is 2.04. The van der Waals surface area contributed by atoms with Crippen molar-refractivity contribution < 1.29 is 4.74 Å². The molecule has 2 rings (SSSR count). The minimum Gasteiger partial charge on any atom is -0.495 e. The van der Waals surface area contributed by atoms with Crippen molar-refractivity contribution in [1.29, 1.82) is 5.26 Å². The fourth-order valence-corrected chi connectivity index (χ4v) is 2.09. The molecule has 0 aliphatic rings. The van der Waals surface area contributed by atoms with E-state index in [1.165, 1.54) is 0 Å². The van der Waals surface area contributed by atoms with Crippen LogP contribution in [-0.4, -0.2) is 7.11 Å². The van der Waals surface area contributed by atoms with Crippen LogP contribution in [0.1, 0.15) is 16.7 Å². The molecule has 0 aliphatic carbocycles. The molecule has 4 heteroatoms. The zero-order valence-corrected chi connectivity index (χ0v) is 12.2. The van der Waals surface area contributed by atoms with Crippen LogP contribution in [0.3, 0.4) is 0 Å². The van der Waals surface area contributed by atoms with Gasteiger partial charge >= 0.3 is 0 Å². The summed E-state index contributed by atoms with van der Waals surface area (Å²) in [4.78, 5) is 0. The molecule has 102 valence electrons. The number of nitrogens with one attached hydrogen (secondary N) is 1. The van der Waals surface area contributed by atoms with Gasteiger partial charge in [0.1, 0.15) is 11.8 Å². The molecule has 0 fully saturated rings. The topological polar surface area (TPSA) is 45.0 Å². The third-order valence-corrected chi connectivity index (χ3v) is 3.30. The van der Waals surface area contributed by atoms with E-state index in [4.69, 9.17) is 21.6 Å². The normalized spacial score (nSPS) is 9.90. The first-order valence-corrected chi connectivity index (χ1v) is 6.59. The first-order valence-electron chi connectivity index (χ1n) is 6.21. The Bertz CT molecular complexity index is 662. The molecular formula is C16H15ClN2O. The summed E-state index contributed by atoms with van der Waals surface area (Å²) in [5.74, 6) is 0.592. The lowest BCUT2D eigenvalue weighted by atomic mass is 10.1. The average molecular weight is 287 g/mol. The maximum atomic E-state index is 8.95. The molecule has 20 heavy (non-hydrogen) atoms. The molecule has 0 atom stereocenters. The lowest BCUT2D eigenvalue weighted by Crippen LogP contribution is -2.02. The van der Waals surface area contributed by atoms with Crippen LogP contribution in [-0.2, 0) is 6.54 Å². The summed E-state index contributed by atoms with van der Waals surface area (Å²) in [5, 5.41) is 13.0. The number of anilines is 1. The minimum absolute atomic E-state index is 0.537. The van der Waals surface area contributed by atoms with Gasteiger partial charge in [-0.05, 0) is 42.3 Å². The molecule has 0 spiro atoms. The van der Waals surface area contributed by atoms with Gasteiger partial charge in [-0.3, -0.25) is 0 Å². The number of methoxy groups -OCH3 is 1. The molecule has 3 nitrogen and oxygen atoms in total. The van der Waals surface area contributed by atoms with Crippen molar-refractivity contribution in [3.8, 4) is 11.8 Å². The number of ether oxygens (including phenoxy) is 1. The van der Waals surface area contributed by atoms with Gasteiger partial charge in [0.2, 0.25) is 0 Å². The van der Waals surface area contributed by atoms with E-state index in [-0.39, 0.29) is 0 Å². The van der Waals surface area contributed by atoms with Crippen LogP contribution in [0.5, 0.6) is 5.75 Å². The lowest BCUT2D eigenvalue weighted by molar-refractivity contribution is 0.413. The van der Waals surface area contributed by atoms with Crippen LogP contribution in [0, 0.1) is 18.3 Å². The first kappa shape index (κ1) is 14.2. The lowest BCUT2D eigenvalue weighted by Gasteiger charge is -2.11. The quantitative estimate of drug-likeness (QED) is 0.919. The van der Waals surface area contributed by atoms with E-state index < -0.39 is 0 Å². The Kier molecular flexibility index (Phi) is 4.49. The second kappa shape index (κ2) is 6.31. The van der Waals surface area contributed by atoms with Gasteiger partial charge in [-0.1, -0.05) is 23.7 Å². The predicted octanol–water partition coefficient (Wildman–Crippen LogP) is 4.14. The highest BCUT2D eigenvalue weighted by molar-refractivity contribution is 6.30. The molecule has 0 saturated carbocycles. The molecule has 0 amide bonds. The number of hydrogen-bond donors (Lipinski definition) is 1. The van der Waals surface area contributed by atoms with Gasteiger partial charge in [0.15, 0.2) is 0 Å². The number of hydrogen-bond acceptors (Lipinski definition) is 3. The summed E-state index contributed by atoms with van der Waals surface area (Å²) in [6.45, 7) is 2.67. The molecule has 0 radical (unpaired) electrons. The van der Waals surface area contributed by atoms with Crippen LogP contribution < -0.4 is 10.1 Å². The maximum Gasteiger partial charge on any atom is 0.136 e. The Labute approximate surface area is 123 Å². The van der Waals surface area contributed by atoms with Crippen molar-refractivity contribution in [3.63, 3.8) is 0 Å². The van der Waals surface area contributed by atoms with Gasteiger partial charge in [0, 0.05) is 17.3 Å². The predicted molar refractivity (Wildman–Crippen MR) is 81.2 cm³/mol. The summed E-state index contributed by atoms with van der Waals surface area (Å²) in [5.41, 5.74) is 3.71. The Balaban J connectivity index is 2.15. The molecule has 2 aromatic carbocycles. The summed E-state index contributed by atoms with van der Waals surface area (Å²) in [7, 11) is 1.56. The second-order valence-electron chi connectivity index (χ2n) is 4.46. The van der Waals surface area contributed by atoms with E-state index >= 15 is 0 Å². The molecule has 0 aliphatic heterocycles. The number of benzene rings is 2. The summed E-state index contributed by atoms with van der Waals surface area (Å²) in [6.07, 6.45) is 0. The van der Waals surface area contributed by atoms with Gasteiger partial charge in [0.05, 0.1) is 12.7 Å². The average Bonchev–Trinajstić information content (AvgIpc) is 2.47. The first-order chi connectivity index (χ1) is 9.63. The highest BCUT2D eigenvalue weighted by atomic mass is 35.5. The van der Waals surface area contributed by atoms with E-state index in [0.717, 1.165) is 16.8 Å². The van der Waals surface area contributed by atoms with Crippen molar-refractivity contribution in [3.05, 3.63) is 58.1 Å². The SMILES string of the molecule is COc1cc(CNc2cc(Cl)ccc2C)ccc1C#N. The summed E-state index contributed by atoms with van der Waals surface area (Å²) < 4.78 is 5.20. The number of rotatable bonds is 4. The largest absolute Gasteiger partial charge is 0.495 e. The maximum absolute atomic E-state index is 8.95. The summed E-state index contributed by atoms with van der Waals surface area (Å²) in [6, 6.07) is 13.4. The van der Waals surface area contributed by atoms with Crippen molar-refractivity contribution >= 4 is 17.3 Å². The van der Waals surface area contributed by atoms with Gasteiger partial charge < -0.3 is 10.1 Å².